The molecule has 24 heavy (non-hydrogen) atoms. The Balaban J connectivity index is 1.87. The van der Waals surface area contributed by atoms with Gasteiger partial charge in [-0.2, -0.15) is 0 Å². The Labute approximate surface area is 143 Å². The first-order chi connectivity index (χ1) is 11.4. The second-order valence-corrected chi connectivity index (χ2v) is 6.59. The topological polar surface area (TPSA) is 93.5 Å². The van der Waals surface area contributed by atoms with Crippen LogP contribution in [0.2, 0.25) is 0 Å². The highest BCUT2D eigenvalue weighted by molar-refractivity contribution is 5.93. The highest BCUT2D eigenvalue weighted by Gasteiger charge is 2.37. The van der Waals surface area contributed by atoms with Crippen molar-refractivity contribution in [1.82, 2.24) is 5.32 Å². The van der Waals surface area contributed by atoms with E-state index >= 15 is 0 Å². The van der Waals surface area contributed by atoms with Gasteiger partial charge in [0.05, 0.1) is 18.9 Å². The van der Waals surface area contributed by atoms with Gasteiger partial charge >= 0.3 is 0 Å². The lowest BCUT2D eigenvalue weighted by atomic mass is 9.74. The van der Waals surface area contributed by atoms with Gasteiger partial charge < -0.3 is 21.1 Å². The maximum atomic E-state index is 12.5. The smallest absolute Gasteiger partial charge is 0.229 e. The van der Waals surface area contributed by atoms with Gasteiger partial charge in [-0.25, -0.2) is 0 Å². The van der Waals surface area contributed by atoms with E-state index in [0.717, 1.165) is 31.4 Å². The van der Waals surface area contributed by atoms with E-state index in [1.165, 1.54) is 0 Å². The SMILES string of the molecule is CNC(=O)CCOc1ccc(NC(=O)C2CCCCC2(C)N)cc1. The van der Waals surface area contributed by atoms with Crippen LogP contribution in [0.5, 0.6) is 5.75 Å². The number of anilines is 1. The molecule has 0 aliphatic heterocycles. The molecule has 2 amide bonds. The molecule has 0 aromatic heterocycles. The predicted octanol–water partition coefficient (Wildman–Crippen LogP) is 2.05. The minimum Gasteiger partial charge on any atom is -0.493 e. The number of hydrogen-bond acceptors (Lipinski definition) is 4. The number of carbonyl (C=O) groups excluding carboxylic acids is 2. The Morgan fingerprint density at radius 1 is 1.29 bits per heavy atom. The summed E-state index contributed by atoms with van der Waals surface area (Å²) in [4.78, 5) is 23.6. The van der Waals surface area contributed by atoms with E-state index in [1.807, 2.05) is 6.92 Å². The summed E-state index contributed by atoms with van der Waals surface area (Å²) >= 11 is 0. The lowest BCUT2D eigenvalue weighted by Gasteiger charge is -2.37. The van der Waals surface area contributed by atoms with Gasteiger partial charge in [-0.3, -0.25) is 9.59 Å². The Kier molecular flexibility index (Phi) is 6.20. The predicted molar refractivity (Wildman–Crippen MR) is 93.8 cm³/mol. The molecule has 0 heterocycles. The van der Waals surface area contributed by atoms with Gasteiger partial charge in [0.25, 0.3) is 0 Å². The number of ether oxygens (including phenoxy) is 1. The molecule has 0 radical (unpaired) electrons. The number of benzene rings is 1. The Bertz CT molecular complexity index is 569. The highest BCUT2D eigenvalue weighted by atomic mass is 16.5. The molecule has 6 nitrogen and oxygen atoms in total. The largest absolute Gasteiger partial charge is 0.493 e. The van der Waals surface area contributed by atoms with E-state index in [2.05, 4.69) is 10.6 Å². The fraction of sp³-hybridized carbons (Fsp3) is 0.556. The molecule has 132 valence electrons. The molecule has 2 rings (SSSR count). The van der Waals surface area contributed by atoms with Gasteiger partial charge in [-0.15, -0.1) is 0 Å². The van der Waals surface area contributed by atoms with Gasteiger partial charge in [-0.05, 0) is 44.0 Å². The lowest BCUT2D eigenvalue weighted by molar-refractivity contribution is -0.123. The fourth-order valence-corrected chi connectivity index (χ4v) is 3.04. The molecule has 0 spiro atoms. The van der Waals surface area contributed by atoms with Crippen molar-refractivity contribution in [3.05, 3.63) is 24.3 Å². The van der Waals surface area contributed by atoms with Crippen LogP contribution >= 0.6 is 0 Å². The Morgan fingerprint density at radius 3 is 2.62 bits per heavy atom. The first kappa shape index (κ1) is 18.3. The average molecular weight is 333 g/mol. The van der Waals surface area contributed by atoms with Crippen LogP contribution in [-0.4, -0.2) is 31.0 Å². The summed E-state index contributed by atoms with van der Waals surface area (Å²) in [6.45, 7) is 2.28. The summed E-state index contributed by atoms with van der Waals surface area (Å²) in [7, 11) is 1.60. The molecule has 1 aliphatic carbocycles. The van der Waals surface area contributed by atoms with E-state index in [-0.39, 0.29) is 17.7 Å². The number of rotatable bonds is 6. The molecule has 2 unspecified atom stereocenters. The monoisotopic (exact) mass is 333 g/mol. The summed E-state index contributed by atoms with van der Waals surface area (Å²) in [5, 5.41) is 5.48. The van der Waals surface area contributed by atoms with Gasteiger partial charge in [-0.1, -0.05) is 12.8 Å². The summed E-state index contributed by atoms with van der Waals surface area (Å²) in [5.74, 6) is 0.428. The number of nitrogens with one attached hydrogen (secondary N) is 2. The number of hydrogen-bond donors (Lipinski definition) is 3. The van der Waals surface area contributed by atoms with E-state index < -0.39 is 5.54 Å². The van der Waals surface area contributed by atoms with Crippen molar-refractivity contribution in [2.75, 3.05) is 19.0 Å². The normalized spacial score (nSPS) is 23.4. The van der Waals surface area contributed by atoms with Crippen molar-refractivity contribution in [2.45, 2.75) is 44.6 Å². The van der Waals surface area contributed by atoms with Gasteiger partial charge in [0.2, 0.25) is 11.8 Å². The molecule has 4 N–H and O–H groups in total. The molecule has 6 heteroatoms. The zero-order valence-corrected chi connectivity index (χ0v) is 14.4. The number of amides is 2. The van der Waals surface area contributed by atoms with Crippen LogP contribution < -0.4 is 21.1 Å². The van der Waals surface area contributed by atoms with Crippen molar-refractivity contribution in [3.63, 3.8) is 0 Å². The fourth-order valence-electron chi connectivity index (χ4n) is 3.04. The zero-order valence-electron chi connectivity index (χ0n) is 14.4. The van der Waals surface area contributed by atoms with Gasteiger partial charge in [0.15, 0.2) is 0 Å². The maximum absolute atomic E-state index is 12.5. The molecule has 1 fully saturated rings. The maximum Gasteiger partial charge on any atom is 0.229 e. The summed E-state index contributed by atoms with van der Waals surface area (Å²) in [5.41, 5.74) is 6.56. The van der Waals surface area contributed by atoms with Crippen molar-refractivity contribution in [1.29, 1.82) is 0 Å². The molecule has 1 aromatic rings. The van der Waals surface area contributed by atoms with Crippen LogP contribution in [0.1, 0.15) is 39.0 Å². The zero-order chi connectivity index (χ0) is 17.6. The third-order valence-corrected chi connectivity index (χ3v) is 4.57. The molecular weight excluding hydrogens is 306 g/mol. The third-order valence-electron chi connectivity index (χ3n) is 4.57. The molecule has 1 saturated carbocycles. The average Bonchev–Trinajstić information content (AvgIpc) is 2.55. The number of carbonyl (C=O) groups is 2. The second-order valence-electron chi connectivity index (χ2n) is 6.59. The van der Waals surface area contributed by atoms with E-state index in [1.54, 1.807) is 31.3 Å². The molecule has 2 atom stereocenters. The standard InChI is InChI=1S/C18H27N3O3/c1-18(19)11-4-3-5-15(18)17(23)21-13-6-8-14(9-7-13)24-12-10-16(22)20-2/h6-9,15H,3-5,10-12,19H2,1-2H3,(H,20,22)(H,21,23). The number of nitrogens with two attached hydrogens (primary N) is 1. The van der Waals surface area contributed by atoms with Crippen LogP contribution in [0.15, 0.2) is 24.3 Å². The first-order valence-electron chi connectivity index (χ1n) is 8.45. The van der Waals surface area contributed by atoms with Crippen molar-refractivity contribution in [2.24, 2.45) is 11.7 Å². The molecule has 0 saturated heterocycles. The Hall–Kier alpha value is -2.08. The first-order valence-corrected chi connectivity index (χ1v) is 8.45. The van der Waals surface area contributed by atoms with Crippen LogP contribution in [0.3, 0.4) is 0 Å². The quantitative estimate of drug-likeness (QED) is 0.743. The van der Waals surface area contributed by atoms with Crippen LogP contribution in [0, 0.1) is 5.92 Å². The highest BCUT2D eigenvalue weighted by Crippen LogP contribution is 2.32. The van der Waals surface area contributed by atoms with Crippen molar-refractivity contribution in [3.8, 4) is 5.75 Å². The van der Waals surface area contributed by atoms with Gasteiger partial charge in [0.1, 0.15) is 5.75 Å². The Morgan fingerprint density at radius 2 is 2.00 bits per heavy atom. The molecular formula is C18H27N3O3. The van der Waals surface area contributed by atoms with Gasteiger partial charge in [0, 0.05) is 18.3 Å². The molecule has 1 aliphatic rings. The summed E-state index contributed by atoms with van der Waals surface area (Å²) in [6.07, 6.45) is 4.15. The summed E-state index contributed by atoms with van der Waals surface area (Å²) in [6, 6.07) is 7.15. The molecule has 1 aromatic carbocycles. The van der Waals surface area contributed by atoms with E-state index in [9.17, 15) is 9.59 Å². The lowest BCUT2D eigenvalue weighted by Crippen LogP contribution is -2.51. The van der Waals surface area contributed by atoms with Crippen molar-refractivity contribution >= 4 is 17.5 Å². The van der Waals surface area contributed by atoms with Crippen LogP contribution in [-0.2, 0) is 9.59 Å². The van der Waals surface area contributed by atoms with E-state index in [0.29, 0.717) is 18.8 Å². The summed E-state index contributed by atoms with van der Waals surface area (Å²) < 4.78 is 5.49. The van der Waals surface area contributed by atoms with Crippen LogP contribution in [0.4, 0.5) is 5.69 Å². The second kappa shape index (κ2) is 8.15. The van der Waals surface area contributed by atoms with E-state index in [4.69, 9.17) is 10.5 Å². The van der Waals surface area contributed by atoms with Crippen molar-refractivity contribution < 1.29 is 14.3 Å². The minimum atomic E-state index is -0.439. The minimum absolute atomic E-state index is 0.0204. The van der Waals surface area contributed by atoms with Crippen LogP contribution in [0.25, 0.3) is 0 Å². The molecule has 0 bridgehead atoms. The third kappa shape index (κ3) is 4.96.